The van der Waals surface area contributed by atoms with Gasteiger partial charge in [0.2, 0.25) is 0 Å². The summed E-state index contributed by atoms with van der Waals surface area (Å²) < 4.78 is 28.7. The number of ether oxygens (including phenoxy) is 5. The Morgan fingerprint density at radius 3 is 2.58 bits per heavy atom. The molecule has 2 aromatic rings. The third-order valence-corrected chi connectivity index (χ3v) is 7.20. The van der Waals surface area contributed by atoms with Gasteiger partial charge in [0.05, 0.1) is 41.7 Å². The number of hydrazone groups is 1. The molecule has 0 spiro atoms. The summed E-state index contributed by atoms with van der Waals surface area (Å²) in [6, 6.07) is 7.43. The van der Waals surface area contributed by atoms with E-state index >= 15 is 0 Å². The molecule has 0 saturated heterocycles. The summed E-state index contributed by atoms with van der Waals surface area (Å²) >= 11 is 4.26. The Morgan fingerprint density at radius 1 is 1.12 bits per heavy atom. The fourth-order valence-corrected chi connectivity index (χ4v) is 6.02. The number of benzene rings is 2. The van der Waals surface area contributed by atoms with Gasteiger partial charge in [-0.05, 0) is 95.8 Å². The van der Waals surface area contributed by atoms with Crippen LogP contribution in [0.15, 0.2) is 46.7 Å². The predicted octanol–water partition coefficient (Wildman–Crippen LogP) is 3.36. The highest BCUT2D eigenvalue weighted by molar-refractivity contribution is 14.1. The van der Waals surface area contributed by atoms with Gasteiger partial charge in [-0.15, -0.1) is 0 Å². The Bertz CT molecular complexity index is 1400. The number of hydrogen-bond donors (Lipinski definition) is 4. The third-order valence-electron chi connectivity index (χ3n) is 5.78. The highest BCUT2D eigenvalue weighted by Crippen LogP contribution is 2.35. The van der Waals surface area contributed by atoms with Gasteiger partial charge < -0.3 is 39.4 Å². The Morgan fingerprint density at radius 2 is 1.88 bits per heavy atom. The van der Waals surface area contributed by atoms with E-state index in [9.17, 15) is 19.5 Å². The number of halogens is 2. The van der Waals surface area contributed by atoms with E-state index in [1.54, 1.807) is 39.0 Å². The Balaban J connectivity index is 1.70. The molecule has 2 atom stereocenters. The fourth-order valence-electron chi connectivity index (χ4n) is 3.98. The van der Waals surface area contributed by atoms with Crippen LogP contribution < -0.4 is 30.3 Å². The first-order valence-corrected chi connectivity index (χ1v) is 15.2. The molecule has 1 aliphatic heterocycles. The molecule has 13 nitrogen and oxygen atoms in total. The highest BCUT2D eigenvalue weighted by Gasteiger charge is 2.32. The van der Waals surface area contributed by atoms with Crippen molar-refractivity contribution < 1.29 is 43.2 Å². The van der Waals surface area contributed by atoms with E-state index in [4.69, 9.17) is 23.7 Å². The molecule has 0 bridgehead atoms. The number of allylic oxidation sites excluding steroid dienone is 1. The fraction of sp³-hybridized carbons (Fsp3) is 0.357. The maximum absolute atomic E-state index is 12.4. The van der Waals surface area contributed by atoms with Crippen molar-refractivity contribution in [2.24, 2.45) is 5.10 Å². The minimum Gasteiger partial charge on any atom is -0.490 e. The quantitative estimate of drug-likeness (QED) is 0.0731. The van der Waals surface area contributed by atoms with Crippen molar-refractivity contribution >= 4 is 69.4 Å². The normalized spacial score (nSPS) is 15.3. The van der Waals surface area contributed by atoms with Crippen molar-refractivity contribution in [2.75, 3.05) is 33.5 Å². The van der Waals surface area contributed by atoms with Gasteiger partial charge in [0.15, 0.2) is 24.3 Å². The van der Waals surface area contributed by atoms with Gasteiger partial charge in [0.25, 0.3) is 0 Å². The van der Waals surface area contributed by atoms with Gasteiger partial charge in [-0.1, -0.05) is 6.07 Å². The number of nitrogens with one attached hydrogen (secondary N) is 3. The summed E-state index contributed by atoms with van der Waals surface area (Å²) in [5.41, 5.74) is 4.40. The van der Waals surface area contributed by atoms with E-state index in [1.807, 2.05) is 12.1 Å². The average Bonchev–Trinajstić information content (AvgIpc) is 2.95. The average molecular weight is 822 g/mol. The number of rotatable bonds is 14. The maximum atomic E-state index is 12.4. The molecule has 1 aliphatic rings. The second-order valence-electron chi connectivity index (χ2n) is 8.81. The molecule has 0 unspecified atom stereocenters. The molecular formula is C28H32I2N4O9. The number of nitrogens with zero attached hydrogens (tertiary/aromatic N) is 1. The second kappa shape index (κ2) is 16.5. The van der Waals surface area contributed by atoms with Crippen molar-refractivity contribution in [1.82, 2.24) is 16.1 Å². The van der Waals surface area contributed by atoms with Crippen LogP contribution >= 0.6 is 45.2 Å². The zero-order valence-electron chi connectivity index (χ0n) is 23.9. The van der Waals surface area contributed by atoms with Gasteiger partial charge in [-0.2, -0.15) is 5.10 Å². The number of methoxy groups -OCH3 is 1. The number of hydrogen-bond acceptors (Lipinski definition) is 11. The van der Waals surface area contributed by atoms with Crippen LogP contribution in [0.3, 0.4) is 0 Å². The van der Waals surface area contributed by atoms with Crippen molar-refractivity contribution in [3.8, 4) is 17.2 Å². The first kappa shape index (κ1) is 34.2. The zero-order chi connectivity index (χ0) is 31.5. The van der Waals surface area contributed by atoms with Crippen molar-refractivity contribution in [3.05, 3.63) is 59.9 Å². The van der Waals surface area contributed by atoms with Crippen molar-refractivity contribution in [2.45, 2.75) is 33.0 Å². The molecule has 3 rings (SSSR count). The number of esters is 2. The lowest BCUT2D eigenvalue weighted by atomic mass is 9.95. The van der Waals surface area contributed by atoms with Gasteiger partial charge in [0.1, 0.15) is 12.4 Å². The van der Waals surface area contributed by atoms with Gasteiger partial charge >= 0.3 is 18.0 Å². The molecule has 0 fully saturated rings. The van der Waals surface area contributed by atoms with Gasteiger partial charge in [0, 0.05) is 14.8 Å². The topological polar surface area (TPSA) is 166 Å². The van der Waals surface area contributed by atoms with Gasteiger partial charge in [-0.25, -0.2) is 14.4 Å². The van der Waals surface area contributed by atoms with Gasteiger partial charge in [-0.3, -0.25) is 5.43 Å². The summed E-state index contributed by atoms with van der Waals surface area (Å²) in [5.74, 6) is 0.0682. The van der Waals surface area contributed by atoms with Crippen LogP contribution in [0, 0.1) is 7.14 Å². The summed E-state index contributed by atoms with van der Waals surface area (Å²) in [5, 5.41) is 19.9. The zero-order valence-corrected chi connectivity index (χ0v) is 28.2. The smallest absolute Gasteiger partial charge is 0.344 e. The number of carbonyl (C=O) groups excluding carboxylic acids is 3. The molecule has 0 aromatic heterocycles. The monoisotopic (exact) mass is 822 g/mol. The highest BCUT2D eigenvalue weighted by atomic mass is 127. The Kier molecular flexibility index (Phi) is 13.1. The van der Waals surface area contributed by atoms with Crippen LogP contribution in [0.2, 0.25) is 0 Å². The second-order valence-corrected chi connectivity index (χ2v) is 11.2. The number of aliphatic hydroxyl groups excluding tert-OH is 1. The molecule has 0 radical (unpaired) electrons. The Labute approximate surface area is 276 Å². The lowest BCUT2D eigenvalue weighted by Crippen LogP contribution is -2.45. The van der Waals surface area contributed by atoms with Crippen LogP contribution in [-0.4, -0.2) is 69.1 Å². The molecule has 0 aliphatic carbocycles. The van der Waals surface area contributed by atoms with Crippen LogP contribution in [0.4, 0.5) is 4.79 Å². The molecule has 4 N–H and O–H groups in total. The predicted molar refractivity (Wildman–Crippen MR) is 173 cm³/mol. The minimum atomic E-state index is -1.20. The minimum absolute atomic E-state index is 0.191. The van der Waals surface area contributed by atoms with E-state index in [-0.39, 0.29) is 25.4 Å². The van der Waals surface area contributed by atoms with E-state index in [2.05, 4.69) is 66.3 Å². The molecule has 0 saturated carbocycles. The van der Waals surface area contributed by atoms with Crippen molar-refractivity contribution in [1.29, 1.82) is 0 Å². The number of aliphatic hydroxyl groups is 1. The van der Waals surface area contributed by atoms with Crippen LogP contribution in [0.1, 0.15) is 37.9 Å². The SMILES string of the molecule is CCOC(=O)COc1c(I)cc(I)cc1/C=N/N[C@H](O)COc1ccc([C@H]2NC(=O)NC(C)=C2C(=O)OC)cc1OCC. The number of amides is 2. The first-order valence-electron chi connectivity index (χ1n) is 13.1. The molecular weight excluding hydrogens is 790 g/mol. The molecule has 1 heterocycles. The van der Waals surface area contributed by atoms with Crippen molar-refractivity contribution in [3.63, 3.8) is 0 Å². The molecule has 2 aromatic carbocycles. The summed E-state index contributed by atoms with van der Waals surface area (Å²) in [6.07, 6.45) is 0.271. The summed E-state index contributed by atoms with van der Waals surface area (Å²) in [6.45, 7) is 5.26. The first-order chi connectivity index (χ1) is 20.6. The lowest BCUT2D eigenvalue weighted by molar-refractivity contribution is -0.145. The van der Waals surface area contributed by atoms with Crippen LogP contribution in [-0.2, 0) is 19.1 Å². The van der Waals surface area contributed by atoms with Crippen LogP contribution in [0.5, 0.6) is 17.2 Å². The number of urea groups is 1. The molecule has 232 valence electrons. The summed E-state index contributed by atoms with van der Waals surface area (Å²) in [4.78, 5) is 36.3. The standard InChI is InChI=1S/C28H32I2N4O9/c1-5-40-21-10-16(25-24(27(37)39-4)15(3)32-28(38)33-25)7-8-20(21)42-13-22(35)34-31-12-17-9-18(29)11-19(30)26(17)43-14-23(36)41-6-2/h7-12,22,25,34-35H,5-6,13-14H2,1-4H3,(H2,32,33,38)/b31-12+/t22-,25-/m1/s1. The van der Waals surface area contributed by atoms with E-state index in [1.165, 1.54) is 13.3 Å². The molecule has 2 amide bonds. The van der Waals surface area contributed by atoms with Crippen LogP contribution in [0.25, 0.3) is 0 Å². The molecule has 15 heteroatoms. The number of carbonyl (C=O) groups is 3. The maximum Gasteiger partial charge on any atom is 0.344 e. The lowest BCUT2D eigenvalue weighted by Gasteiger charge is -2.28. The van der Waals surface area contributed by atoms with E-state index in [0.717, 1.165) is 7.14 Å². The summed E-state index contributed by atoms with van der Waals surface area (Å²) in [7, 11) is 1.27. The molecule has 43 heavy (non-hydrogen) atoms. The van der Waals surface area contributed by atoms with E-state index in [0.29, 0.717) is 40.7 Å². The Hall–Kier alpha value is -3.32. The van der Waals surface area contributed by atoms with E-state index < -0.39 is 30.2 Å². The third kappa shape index (κ3) is 9.59. The largest absolute Gasteiger partial charge is 0.490 e.